The first-order valence-electron chi connectivity index (χ1n) is 9.47. The zero-order valence-corrected chi connectivity index (χ0v) is 18.1. The van der Waals surface area contributed by atoms with E-state index in [1.54, 1.807) is 19.1 Å². The Morgan fingerprint density at radius 1 is 1.07 bits per heavy atom. The molecule has 1 unspecified atom stereocenters. The summed E-state index contributed by atoms with van der Waals surface area (Å²) in [7, 11) is 0. The average Bonchev–Trinajstić information content (AvgIpc) is 2.94. The summed E-state index contributed by atoms with van der Waals surface area (Å²) in [5.41, 5.74) is 1.06. The van der Waals surface area contributed by atoms with Crippen LogP contribution >= 0.6 is 15.9 Å². The molecule has 6 nitrogen and oxygen atoms in total. The molecule has 4 amide bonds. The van der Waals surface area contributed by atoms with Gasteiger partial charge in [-0.2, -0.15) is 0 Å². The third kappa shape index (κ3) is 3.57. The minimum absolute atomic E-state index is 0.362. The van der Waals surface area contributed by atoms with Crippen LogP contribution in [-0.4, -0.2) is 29.3 Å². The second kappa shape index (κ2) is 7.57. The van der Waals surface area contributed by atoms with Crippen molar-refractivity contribution >= 4 is 50.2 Å². The number of fused-ring (bicyclic) bond motifs is 1. The maximum atomic E-state index is 13.1. The second-order valence-corrected chi connectivity index (χ2v) is 8.37. The van der Waals surface area contributed by atoms with Crippen molar-refractivity contribution in [2.75, 3.05) is 11.9 Å². The molecule has 0 aliphatic carbocycles. The van der Waals surface area contributed by atoms with Crippen LogP contribution in [0.4, 0.5) is 10.5 Å². The van der Waals surface area contributed by atoms with Crippen molar-refractivity contribution < 1.29 is 14.4 Å². The van der Waals surface area contributed by atoms with Gasteiger partial charge in [-0.1, -0.05) is 58.4 Å². The smallest absolute Gasteiger partial charge is 0.324 e. The molecule has 7 heteroatoms. The number of anilines is 1. The van der Waals surface area contributed by atoms with Crippen LogP contribution in [0.3, 0.4) is 0 Å². The number of rotatable bonds is 4. The summed E-state index contributed by atoms with van der Waals surface area (Å²) in [4.78, 5) is 39.1. The summed E-state index contributed by atoms with van der Waals surface area (Å²) in [6.07, 6.45) is 0. The Hall–Kier alpha value is -3.19. The van der Waals surface area contributed by atoms with E-state index in [1.165, 1.54) is 0 Å². The number of benzene rings is 3. The van der Waals surface area contributed by atoms with Crippen LogP contribution < -0.4 is 10.6 Å². The lowest BCUT2D eigenvalue weighted by atomic mass is 9.90. The molecule has 30 heavy (non-hydrogen) atoms. The van der Waals surface area contributed by atoms with Crippen molar-refractivity contribution in [3.8, 4) is 0 Å². The van der Waals surface area contributed by atoms with Crippen molar-refractivity contribution in [1.82, 2.24) is 10.2 Å². The summed E-state index contributed by atoms with van der Waals surface area (Å²) < 4.78 is 0.860. The number of amides is 4. The fourth-order valence-electron chi connectivity index (χ4n) is 3.55. The van der Waals surface area contributed by atoms with E-state index in [4.69, 9.17) is 0 Å². The molecular formula is C23H20BrN3O3. The van der Waals surface area contributed by atoms with E-state index < -0.39 is 23.4 Å². The van der Waals surface area contributed by atoms with Gasteiger partial charge in [0.25, 0.3) is 5.91 Å². The Morgan fingerprint density at radius 3 is 2.53 bits per heavy atom. The van der Waals surface area contributed by atoms with Gasteiger partial charge < -0.3 is 10.6 Å². The molecule has 0 radical (unpaired) electrons. The van der Waals surface area contributed by atoms with Gasteiger partial charge in [0.05, 0.1) is 0 Å². The van der Waals surface area contributed by atoms with E-state index >= 15 is 0 Å². The number of hydrogen-bond acceptors (Lipinski definition) is 3. The number of imide groups is 1. The molecule has 0 aromatic heterocycles. The molecule has 1 fully saturated rings. The molecule has 2 N–H and O–H groups in total. The van der Waals surface area contributed by atoms with E-state index in [-0.39, 0.29) is 6.54 Å². The van der Waals surface area contributed by atoms with Crippen molar-refractivity contribution in [2.24, 2.45) is 0 Å². The molecular weight excluding hydrogens is 446 g/mol. The highest BCUT2D eigenvalue weighted by molar-refractivity contribution is 9.10. The van der Waals surface area contributed by atoms with Crippen LogP contribution in [0.1, 0.15) is 18.1 Å². The first-order chi connectivity index (χ1) is 14.3. The van der Waals surface area contributed by atoms with Crippen LogP contribution in [0.15, 0.2) is 65.1 Å². The number of nitrogens with zero attached hydrogens (tertiary/aromatic N) is 1. The lowest BCUT2D eigenvalue weighted by molar-refractivity contribution is -0.133. The minimum atomic E-state index is -1.23. The van der Waals surface area contributed by atoms with Crippen LogP contribution in [0.2, 0.25) is 0 Å². The predicted octanol–water partition coefficient (Wildman–Crippen LogP) is 4.32. The van der Waals surface area contributed by atoms with E-state index in [0.717, 1.165) is 25.7 Å². The lowest BCUT2D eigenvalue weighted by Gasteiger charge is -2.22. The lowest BCUT2D eigenvalue weighted by Crippen LogP contribution is -2.42. The topological polar surface area (TPSA) is 78.5 Å². The van der Waals surface area contributed by atoms with Crippen LogP contribution in [0.25, 0.3) is 10.8 Å². The summed E-state index contributed by atoms with van der Waals surface area (Å²) >= 11 is 3.42. The van der Waals surface area contributed by atoms with E-state index in [2.05, 4.69) is 26.6 Å². The SMILES string of the molecule is Cc1ccc(NC(=O)CN2C(=O)NC(C)(c3ccc4ccccc4c3)C2=O)cc1Br. The van der Waals surface area contributed by atoms with Crippen LogP contribution in [0.5, 0.6) is 0 Å². The van der Waals surface area contributed by atoms with Crippen molar-refractivity contribution in [1.29, 1.82) is 0 Å². The molecule has 3 aromatic carbocycles. The van der Waals surface area contributed by atoms with E-state index in [1.807, 2.05) is 55.5 Å². The predicted molar refractivity (Wildman–Crippen MR) is 119 cm³/mol. The van der Waals surface area contributed by atoms with Gasteiger partial charge in [-0.3, -0.25) is 14.5 Å². The summed E-state index contributed by atoms with van der Waals surface area (Å²) in [5, 5.41) is 7.49. The zero-order valence-electron chi connectivity index (χ0n) is 16.5. The molecule has 152 valence electrons. The van der Waals surface area contributed by atoms with Gasteiger partial charge in [-0.15, -0.1) is 0 Å². The van der Waals surface area contributed by atoms with Gasteiger partial charge in [0.15, 0.2) is 0 Å². The van der Waals surface area contributed by atoms with Gasteiger partial charge in [0.2, 0.25) is 5.91 Å². The Morgan fingerprint density at radius 2 is 1.80 bits per heavy atom. The van der Waals surface area contributed by atoms with E-state index in [0.29, 0.717) is 11.3 Å². The van der Waals surface area contributed by atoms with Gasteiger partial charge >= 0.3 is 6.03 Å². The van der Waals surface area contributed by atoms with Gasteiger partial charge in [0, 0.05) is 10.2 Å². The number of urea groups is 1. The van der Waals surface area contributed by atoms with Crippen molar-refractivity contribution in [3.05, 3.63) is 76.3 Å². The number of carbonyl (C=O) groups is 3. The Kier molecular flexibility index (Phi) is 5.07. The van der Waals surface area contributed by atoms with Gasteiger partial charge in [-0.05, 0) is 53.9 Å². The van der Waals surface area contributed by atoms with Gasteiger partial charge in [-0.25, -0.2) is 4.79 Å². The largest absolute Gasteiger partial charge is 0.325 e. The molecule has 0 spiro atoms. The summed E-state index contributed by atoms with van der Waals surface area (Å²) in [6.45, 7) is 3.24. The van der Waals surface area contributed by atoms with Crippen LogP contribution in [-0.2, 0) is 15.1 Å². The molecule has 1 saturated heterocycles. The second-order valence-electron chi connectivity index (χ2n) is 7.52. The Bertz CT molecular complexity index is 1190. The van der Waals surface area contributed by atoms with Crippen LogP contribution in [0, 0.1) is 6.92 Å². The Labute approximate surface area is 182 Å². The molecule has 0 bridgehead atoms. The van der Waals surface area contributed by atoms with Gasteiger partial charge in [0.1, 0.15) is 12.1 Å². The highest BCUT2D eigenvalue weighted by atomic mass is 79.9. The number of halogens is 1. The molecule has 3 aromatic rings. The van der Waals surface area contributed by atoms with Crippen molar-refractivity contribution in [3.63, 3.8) is 0 Å². The average molecular weight is 466 g/mol. The number of aryl methyl sites for hydroxylation is 1. The fraction of sp³-hybridized carbons (Fsp3) is 0.174. The maximum Gasteiger partial charge on any atom is 0.325 e. The first-order valence-corrected chi connectivity index (χ1v) is 10.3. The molecule has 1 atom stereocenters. The number of carbonyl (C=O) groups excluding carboxylic acids is 3. The zero-order chi connectivity index (χ0) is 21.5. The first kappa shape index (κ1) is 20.1. The molecule has 4 rings (SSSR count). The fourth-order valence-corrected chi connectivity index (χ4v) is 3.93. The molecule has 1 aliphatic heterocycles. The normalized spacial score (nSPS) is 18.6. The monoisotopic (exact) mass is 465 g/mol. The number of hydrogen-bond donors (Lipinski definition) is 2. The minimum Gasteiger partial charge on any atom is -0.324 e. The third-order valence-electron chi connectivity index (χ3n) is 5.36. The highest BCUT2D eigenvalue weighted by Gasteiger charge is 2.49. The van der Waals surface area contributed by atoms with Crippen molar-refractivity contribution in [2.45, 2.75) is 19.4 Å². The van der Waals surface area contributed by atoms with E-state index in [9.17, 15) is 14.4 Å². The molecule has 1 aliphatic rings. The maximum absolute atomic E-state index is 13.1. The highest BCUT2D eigenvalue weighted by Crippen LogP contribution is 2.31. The molecule has 0 saturated carbocycles. The standard InChI is InChI=1S/C23H20BrN3O3/c1-14-7-10-18(12-19(14)24)25-20(28)13-27-21(29)23(2,26-22(27)30)17-9-8-15-5-3-4-6-16(15)11-17/h3-12H,13H2,1-2H3,(H,25,28)(H,26,30). The molecule has 1 heterocycles. The Balaban J connectivity index is 1.53. The quantitative estimate of drug-likeness (QED) is 0.563. The summed E-state index contributed by atoms with van der Waals surface area (Å²) in [5.74, 6) is -0.903. The summed E-state index contributed by atoms with van der Waals surface area (Å²) in [6, 6.07) is 18.3. The third-order valence-corrected chi connectivity index (χ3v) is 6.21. The number of nitrogens with one attached hydrogen (secondary N) is 2.